The van der Waals surface area contributed by atoms with Gasteiger partial charge in [-0.05, 0) is 30.3 Å². The number of hydrogen-bond donors (Lipinski definition) is 0. The Labute approximate surface area is 165 Å². The van der Waals surface area contributed by atoms with Crippen molar-refractivity contribution in [1.82, 2.24) is 14.8 Å². The first-order valence-corrected chi connectivity index (χ1v) is 9.46. The number of carbonyl (C=O) groups excluding carboxylic acids is 1. The number of methoxy groups -OCH3 is 2. The number of hydrogen-bond acceptors (Lipinski definition) is 7. The second-order valence-electron chi connectivity index (χ2n) is 5.51. The largest absolute Gasteiger partial charge is 0.463 e. The Morgan fingerprint density at radius 2 is 2.00 bits per heavy atom. The predicted octanol–water partition coefficient (Wildman–Crippen LogP) is 3.92. The van der Waals surface area contributed by atoms with Gasteiger partial charge in [-0.25, -0.2) is 4.79 Å². The Morgan fingerprint density at radius 1 is 1.22 bits per heavy atom. The second kappa shape index (κ2) is 9.07. The third kappa shape index (κ3) is 4.52. The van der Waals surface area contributed by atoms with Crippen molar-refractivity contribution in [3.63, 3.8) is 0 Å². The van der Waals surface area contributed by atoms with Crippen LogP contribution in [0.15, 0.2) is 46.2 Å². The Kier molecular flexibility index (Phi) is 6.54. The number of benzene rings is 1. The van der Waals surface area contributed by atoms with Crippen LogP contribution < -0.4 is 0 Å². The highest BCUT2D eigenvalue weighted by atomic mass is 35.5. The third-order valence-corrected chi connectivity index (χ3v) is 5.08. The van der Waals surface area contributed by atoms with Gasteiger partial charge >= 0.3 is 5.97 Å². The first-order valence-electron chi connectivity index (χ1n) is 8.09. The summed E-state index contributed by atoms with van der Waals surface area (Å²) in [6, 6.07) is 9.17. The number of thioether (sulfide) groups is 1. The fourth-order valence-electron chi connectivity index (χ4n) is 2.46. The molecular weight excluding hydrogens is 390 g/mol. The van der Waals surface area contributed by atoms with Crippen molar-refractivity contribution in [3.05, 3.63) is 52.9 Å². The summed E-state index contributed by atoms with van der Waals surface area (Å²) >= 11 is 7.43. The maximum absolute atomic E-state index is 11.7. The van der Waals surface area contributed by atoms with Crippen molar-refractivity contribution in [3.8, 4) is 11.4 Å². The van der Waals surface area contributed by atoms with Gasteiger partial charge in [-0.2, -0.15) is 0 Å². The molecule has 0 bridgehead atoms. The molecule has 0 radical (unpaired) electrons. The summed E-state index contributed by atoms with van der Waals surface area (Å²) in [4.78, 5) is 11.7. The minimum atomic E-state index is -0.502. The first-order chi connectivity index (χ1) is 13.1. The van der Waals surface area contributed by atoms with Gasteiger partial charge in [-0.3, -0.25) is 4.57 Å². The second-order valence-corrected chi connectivity index (χ2v) is 6.89. The summed E-state index contributed by atoms with van der Waals surface area (Å²) in [7, 11) is 2.97. The highest BCUT2D eigenvalue weighted by Crippen LogP contribution is 2.28. The number of esters is 1. The number of ether oxygens (including phenoxy) is 2. The molecular formula is C18H18ClN3O4S. The van der Waals surface area contributed by atoms with Crippen molar-refractivity contribution in [2.24, 2.45) is 0 Å². The van der Waals surface area contributed by atoms with E-state index in [1.165, 1.54) is 25.1 Å². The van der Waals surface area contributed by atoms with Crippen molar-refractivity contribution in [2.45, 2.75) is 17.5 Å². The standard InChI is InChI=1S/C18H18ClN3O4S/c1-24-10-8-22-16(12-3-5-14(19)6-4-12)20-21-18(22)27-11-13-7-9-26-15(13)17(23)25-2/h3-7,9H,8,10-11H2,1-2H3. The Balaban J connectivity index is 1.84. The highest BCUT2D eigenvalue weighted by Gasteiger charge is 2.19. The average molecular weight is 408 g/mol. The van der Waals surface area contributed by atoms with Gasteiger partial charge < -0.3 is 13.9 Å². The molecule has 0 aliphatic rings. The van der Waals surface area contributed by atoms with Crippen LogP contribution >= 0.6 is 23.4 Å². The van der Waals surface area contributed by atoms with Crippen LogP contribution in [-0.4, -0.2) is 41.6 Å². The lowest BCUT2D eigenvalue weighted by Gasteiger charge is -2.09. The SMILES string of the molecule is COCCn1c(SCc2ccoc2C(=O)OC)nnc1-c1ccc(Cl)cc1. The maximum Gasteiger partial charge on any atom is 0.374 e. The molecule has 0 fully saturated rings. The minimum Gasteiger partial charge on any atom is -0.463 e. The lowest BCUT2D eigenvalue weighted by molar-refractivity contribution is 0.0564. The number of nitrogens with zero attached hydrogens (tertiary/aromatic N) is 3. The summed E-state index contributed by atoms with van der Waals surface area (Å²) in [5, 5.41) is 10.00. The molecule has 9 heteroatoms. The van der Waals surface area contributed by atoms with E-state index in [-0.39, 0.29) is 5.76 Å². The average Bonchev–Trinajstić information content (AvgIpc) is 3.31. The molecule has 0 aliphatic carbocycles. The van der Waals surface area contributed by atoms with Gasteiger partial charge in [0, 0.05) is 29.0 Å². The summed E-state index contributed by atoms with van der Waals surface area (Å²) in [6.45, 7) is 1.12. The topological polar surface area (TPSA) is 79.4 Å². The van der Waals surface area contributed by atoms with E-state index < -0.39 is 5.97 Å². The lowest BCUT2D eigenvalue weighted by Crippen LogP contribution is -2.08. The fourth-order valence-corrected chi connectivity index (χ4v) is 3.53. The van der Waals surface area contributed by atoms with Crippen LogP contribution in [0.2, 0.25) is 5.02 Å². The van der Waals surface area contributed by atoms with Crippen molar-refractivity contribution in [2.75, 3.05) is 20.8 Å². The van der Waals surface area contributed by atoms with E-state index in [2.05, 4.69) is 10.2 Å². The van der Waals surface area contributed by atoms with Crippen LogP contribution in [-0.2, 0) is 21.8 Å². The van der Waals surface area contributed by atoms with Gasteiger partial charge in [0.15, 0.2) is 11.0 Å². The smallest absolute Gasteiger partial charge is 0.374 e. The molecule has 27 heavy (non-hydrogen) atoms. The molecule has 3 aromatic rings. The number of rotatable bonds is 8. The number of furan rings is 1. The zero-order chi connectivity index (χ0) is 19.2. The molecule has 0 saturated heterocycles. The van der Waals surface area contributed by atoms with E-state index in [0.29, 0.717) is 29.1 Å². The Bertz CT molecular complexity index is 908. The normalized spacial score (nSPS) is 10.9. The van der Waals surface area contributed by atoms with Crippen LogP contribution in [0.3, 0.4) is 0 Å². The van der Waals surface area contributed by atoms with E-state index in [1.54, 1.807) is 13.2 Å². The molecule has 7 nitrogen and oxygen atoms in total. The molecule has 1 aromatic carbocycles. The fraction of sp³-hybridized carbons (Fsp3) is 0.278. The van der Waals surface area contributed by atoms with Gasteiger partial charge in [0.1, 0.15) is 0 Å². The zero-order valence-electron chi connectivity index (χ0n) is 14.8. The van der Waals surface area contributed by atoms with E-state index in [0.717, 1.165) is 17.0 Å². The van der Waals surface area contributed by atoms with Gasteiger partial charge in [0.05, 0.1) is 26.5 Å². The van der Waals surface area contributed by atoms with E-state index in [9.17, 15) is 4.79 Å². The van der Waals surface area contributed by atoms with Gasteiger partial charge in [-0.15, -0.1) is 10.2 Å². The highest BCUT2D eigenvalue weighted by molar-refractivity contribution is 7.98. The number of halogens is 1. The molecule has 0 unspecified atom stereocenters. The molecule has 142 valence electrons. The monoisotopic (exact) mass is 407 g/mol. The first kappa shape index (κ1) is 19.5. The van der Waals surface area contributed by atoms with Crippen LogP contribution in [0, 0.1) is 0 Å². The van der Waals surface area contributed by atoms with Crippen LogP contribution in [0.1, 0.15) is 16.1 Å². The minimum absolute atomic E-state index is 0.200. The van der Waals surface area contributed by atoms with E-state index in [4.69, 9.17) is 25.5 Å². The van der Waals surface area contributed by atoms with E-state index >= 15 is 0 Å². The summed E-state index contributed by atoms with van der Waals surface area (Å²) in [5.41, 5.74) is 1.65. The summed E-state index contributed by atoms with van der Waals surface area (Å²) < 4.78 is 17.2. The molecule has 3 rings (SSSR count). The van der Waals surface area contributed by atoms with Crippen LogP contribution in [0.4, 0.5) is 0 Å². The van der Waals surface area contributed by atoms with E-state index in [1.807, 2.05) is 28.8 Å². The third-order valence-electron chi connectivity index (χ3n) is 3.81. The number of carbonyl (C=O) groups is 1. The van der Waals surface area contributed by atoms with Crippen LogP contribution in [0.5, 0.6) is 0 Å². The van der Waals surface area contributed by atoms with Crippen molar-refractivity contribution >= 4 is 29.3 Å². The maximum atomic E-state index is 11.7. The molecule has 2 heterocycles. The molecule has 2 aromatic heterocycles. The molecule has 0 amide bonds. The van der Waals surface area contributed by atoms with Gasteiger partial charge in [0.2, 0.25) is 5.76 Å². The lowest BCUT2D eigenvalue weighted by atomic mass is 10.2. The van der Waals surface area contributed by atoms with Crippen LogP contribution in [0.25, 0.3) is 11.4 Å². The summed E-state index contributed by atoms with van der Waals surface area (Å²) in [5.74, 6) is 0.919. The zero-order valence-corrected chi connectivity index (χ0v) is 16.4. The van der Waals surface area contributed by atoms with Gasteiger partial charge in [-0.1, -0.05) is 23.4 Å². The summed E-state index contributed by atoms with van der Waals surface area (Å²) in [6.07, 6.45) is 1.47. The Hall–Kier alpha value is -2.29. The van der Waals surface area contributed by atoms with Gasteiger partial charge in [0.25, 0.3) is 0 Å². The molecule has 0 N–H and O–H groups in total. The quantitative estimate of drug-likeness (QED) is 0.413. The number of aromatic nitrogens is 3. The molecule has 0 aliphatic heterocycles. The molecule has 0 saturated carbocycles. The molecule has 0 atom stereocenters. The predicted molar refractivity (Wildman–Crippen MR) is 102 cm³/mol. The van der Waals surface area contributed by atoms with Crippen molar-refractivity contribution in [1.29, 1.82) is 0 Å². The van der Waals surface area contributed by atoms with Crippen molar-refractivity contribution < 1.29 is 18.7 Å². The molecule has 0 spiro atoms. The Morgan fingerprint density at radius 3 is 2.70 bits per heavy atom.